The van der Waals surface area contributed by atoms with Crippen LogP contribution in [-0.4, -0.2) is 39.7 Å². The number of hydrogen-bond donors (Lipinski definition) is 2. The second-order valence-corrected chi connectivity index (χ2v) is 7.22. The van der Waals surface area contributed by atoms with E-state index >= 15 is 0 Å². The lowest BCUT2D eigenvalue weighted by Gasteiger charge is -2.11. The molecule has 1 aliphatic carbocycles. The van der Waals surface area contributed by atoms with Crippen molar-refractivity contribution in [3.8, 4) is 5.69 Å². The number of benzene rings is 1. The molecule has 0 unspecified atom stereocenters. The van der Waals surface area contributed by atoms with Gasteiger partial charge in [-0.05, 0) is 43.9 Å². The van der Waals surface area contributed by atoms with Crippen molar-refractivity contribution in [2.45, 2.75) is 37.9 Å². The van der Waals surface area contributed by atoms with E-state index in [1.807, 2.05) is 17.7 Å². The van der Waals surface area contributed by atoms with Gasteiger partial charge in [-0.2, -0.15) is 0 Å². The number of carbonyl (C=O) groups excluding carboxylic acids is 2. The third-order valence-electron chi connectivity index (χ3n) is 3.95. The highest BCUT2D eigenvalue weighted by Crippen LogP contribution is 2.23. The third-order valence-corrected chi connectivity index (χ3v) is 4.92. The monoisotopic (exact) mass is 358 g/mol. The predicted octanol–water partition coefficient (Wildman–Crippen LogP) is 1.98. The maximum atomic E-state index is 12.0. The summed E-state index contributed by atoms with van der Waals surface area (Å²) in [6, 6.07) is 6.56. The Hall–Kier alpha value is -2.28. The van der Waals surface area contributed by atoms with Crippen molar-refractivity contribution in [3.05, 3.63) is 41.7 Å². The molecule has 3 rings (SSSR count). The molecule has 0 radical (unpaired) electrons. The van der Waals surface area contributed by atoms with Crippen molar-refractivity contribution >= 4 is 23.6 Å². The normalized spacial score (nSPS) is 13.5. The number of nitrogens with zero attached hydrogens (tertiary/aromatic N) is 2. The minimum Gasteiger partial charge on any atom is -0.352 e. The van der Waals surface area contributed by atoms with Gasteiger partial charge in [0.2, 0.25) is 11.8 Å². The highest BCUT2D eigenvalue weighted by molar-refractivity contribution is 7.99. The van der Waals surface area contributed by atoms with Crippen LogP contribution in [-0.2, 0) is 9.59 Å². The zero-order valence-corrected chi connectivity index (χ0v) is 15.2. The van der Waals surface area contributed by atoms with Crippen LogP contribution in [0.4, 0.5) is 0 Å². The van der Waals surface area contributed by atoms with Crippen molar-refractivity contribution in [2.24, 2.45) is 0 Å². The van der Waals surface area contributed by atoms with Gasteiger partial charge in [-0.25, -0.2) is 4.98 Å². The van der Waals surface area contributed by atoms with Gasteiger partial charge in [0.1, 0.15) is 0 Å². The predicted molar refractivity (Wildman–Crippen MR) is 97.9 cm³/mol. The summed E-state index contributed by atoms with van der Waals surface area (Å²) in [6.45, 7) is 4.13. The fourth-order valence-corrected chi connectivity index (χ4v) is 3.22. The van der Waals surface area contributed by atoms with Gasteiger partial charge in [-0.3, -0.25) is 14.2 Å². The molecule has 2 amide bonds. The van der Waals surface area contributed by atoms with Gasteiger partial charge in [0, 0.05) is 18.4 Å². The average Bonchev–Trinajstić information content (AvgIpc) is 3.27. The quantitative estimate of drug-likeness (QED) is 0.742. The molecule has 0 bridgehead atoms. The molecule has 25 heavy (non-hydrogen) atoms. The standard InChI is InChI=1S/C18H22N4O2S/c1-12-3-4-13(2)15(9-12)22-8-7-19-18(22)25-11-17(24)20-10-16(23)21-14-5-6-14/h3-4,7-9,14H,5-6,10-11H2,1-2H3,(H,20,24)(H,21,23). The van der Waals surface area contributed by atoms with Crippen molar-refractivity contribution in [1.29, 1.82) is 0 Å². The SMILES string of the molecule is Cc1ccc(C)c(-n2ccnc2SCC(=O)NCC(=O)NC2CC2)c1. The molecule has 1 aliphatic rings. The fourth-order valence-electron chi connectivity index (χ4n) is 2.43. The number of thioether (sulfide) groups is 1. The number of aromatic nitrogens is 2. The molecule has 1 heterocycles. The summed E-state index contributed by atoms with van der Waals surface area (Å²) in [5, 5.41) is 6.25. The second-order valence-electron chi connectivity index (χ2n) is 6.28. The number of amides is 2. The summed E-state index contributed by atoms with van der Waals surface area (Å²) in [4.78, 5) is 27.9. The number of carbonyl (C=O) groups is 2. The van der Waals surface area contributed by atoms with Gasteiger partial charge in [0.25, 0.3) is 0 Å². The molecular weight excluding hydrogens is 336 g/mol. The molecule has 0 saturated heterocycles. The van der Waals surface area contributed by atoms with E-state index in [0.29, 0.717) is 6.04 Å². The van der Waals surface area contributed by atoms with Crippen LogP contribution in [0.15, 0.2) is 35.7 Å². The first-order valence-electron chi connectivity index (χ1n) is 8.33. The van der Waals surface area contributed by atoms with E-state index in [2.05, 4.69) is 40.7 Å². The molecule has 1 fully saturated rings. The number of aryl methyl sites for hydroxylation is 2. The molecule has 0 atom stereocenters. The Morgan fingerprint density at radius 3 is 2.84 bits per heavy atom. The summed E-state index contributed by atoms with van der Waals surface area (Å²) in [5.41, 5.74) is 3.38. The van der Waals surface area contributed by atoms with E-state index in [1.54, 1.807) is 6.20 Å². The molecule has 1 aromatic carbocycles. The van der Waals surface area contributed by atoms with Gasteiger partial charge >= 0.3 is 0 Å². The molecule has 1 aromatic heterocycles. The van der Waals surface area contributed by atoms with E-state index in [9.17, 15) is 9.59 Å². The second kappa shape index (κ2) is 7.74. The first kappa shape index (κ1) is 17.5. The van der Waals surface area contributed by atoms with Gasteiger partial charge in [-0.1, -0.05) is 23.9 Å². The molecule has 2 N–H and O–H groups in total. The van der Waals surface area contributed by atoms with E-state index < -0.39 is 0 Å². The van der Waals surface area contributed by atoms with Crippen LogP contribution in [0, 0.1) is 13.8 Å². The maximum Gasteiger partial charge on any atom is 0.239 e. The van der Waals surface area contributed by atoms with Crippen molar-refractivity contribution < 1.29 is 9.59 Å². The Morgan fingerprint density at radius 2 is 2.08 bits per heavy atom. The summed E-state index contributed by atoms with van der Waals surface area (Å²) in [6.07, 6.45) is 5.70. The highest BCUT2D eigenvalue weighted by Gasteiger charge is 2.23. The van der Waals surface area contributed by atoms with Crippen LogP contribution in [0.2, 0.25) is 0 Å². The number of hydrogen-bond acceptors (Lipinski definition) is 4. The molecule has 2 aromatic rings. The zero-order valence-electron chi connectivity index (χ0n) is 14.4. The third kappa shape index (κ3) is 4.85. The minimum absolute atomic E-state index is 0.0291. The first-order valence-corrected chi connectivity index (χ1v) is 9.31. The maximum absolute atomic E-state index is 12.0. The molecule has 7 heteroatoms. The molecular formula is C18H22N4O2S. The molecule has 0 spiro atoms. The van der Waals surface area contributed by atoms with Crippen molar-refractivity contribution in [3.63, 3.8) is 0 Å². The summed E-state index contributed by atoms with van der Waals surface area (Å²) in [7, 11) is 0. The number of rotatable bonds is 7. The number of nitrogens with one attached hydrogen (secondary N) is 2. The Bertz CT molecular complexity index is 783. The molecule has 132 valence electrons. The van der Waals surface area contributed by atoms with Crippen molar-refractivity contribution in [2.75, 3.05) is 12.3 Å². The van der Waals surface area contributed by atoms with Crippen LogP contribution in [0.25, 0.3) is 5.69 Å². The van der Waals surface area contributed by atoms with Crippen molar-refractivity contribution in [1.82, 2.24) is 20.2 Å². The van der Waals surface area contributed by atoms with Gasteiger partial charge in [-0.15, -0.1) is 0 Å². The zero-order chi connectivity index (χ0) is 17.8. The Kier molecular flexibility index (Phi) is 5.43. The molecule has 1 saturated carbocycles. The lowest BCUT2D eigenvalue weighted by Crippen LogP contribution is -2.38. The minimum atomic E-state index is -0.175. The van der Waals surface area contributed by atoms with E-state index in [-0.39, 0.29) is 24.1 Å². The van der Waals surface area contributed by atoms with Gasteiger partial charge < -0.3 is 10.6 Å². The largest absolute Gasteiger partial charge is 0.352 e. The lowest BCUT2D eigenvalue weighted by molar-refractivity contribution is -0.124. The highest BCUT2D eigenvalue weighted by atomic mass is 32.2. The van der Waals surface area contributed by atoms with Crippen LogP contribution in [0.3, 0.4) is 0 Å². The van der Waals surface area contributed by atoms with E-state index in [1.165, 1.54) is 17.3 Å². The Morgan fingerprint density at radius 1 is 1.28 bits per heavy atom. The first-order chi connectivity index (χ1) is 12.0. The summed E-state index contributed by atoms with van der Waals surface area (Å²) >= 11 is 1.36. The van der Waals surface area contributed by atoms with E-state index in [0.717, 1.165) is 29.2 Å². The Balaban J connectivity index is 1.55. The van der Waals surface area contributed by atoms with Gasteiger partial charge in [0.15, 0.2) is 5.16 Å². The van der Waals surface area contributed by atoms with Gasteiger partial charge in [0.05, 0.1) is 18.0 Å². The Labute approximate surface area is 151 Å². The van der Waals surface area contributed by atoms with Crippen LogP contribution >= 0.6 is 11.8 Å². The molecule has 6 nitrogen and oxygen atoms in total. The number of imidazole rings is 1. The fraction of sp³-hybridized carbons (Fsp3) is 0.389. The topological polar surface area (TPSA) is 76.0 Å². The van der Waals surface area contributed by atoms with E-state index in [4.69, 9.17) is 0 Å². The smallest absolute Gasteiger partial charge is 0.239 e. The van der Waals surface area contributed by atoms with Crippen LogP contribution in [0.5, 0.6) is 0 Å². The summed E-state index contributed by atoms with van der Waals surface area (Å²) in [5.74, 6) is -0.0809. The van der Waals surface area contributed by atoms with Crippen LogP contribution < -0.4 is 10.6 Å². The van der Waals surface area contributed by atoms with Crippen LogP contribution in [0.1, 0.15) is 24.0 Å². The molecule has 0 aliphatic heterocycles. The summed E-state index contributed by atoms with van der Waals surface area (Å²) < 4.78 is 1.99. The average molecular weight is 358 g/mol. The lowest BCUT2D eigenvalue weighted by atomic mass is 10.1.